The number of halogens is 2. The SMILES string of the molecule is Cc1cc2ncn(CC3=NCCN3)c2cc1C.Cl.Cl. The van der Waals surface area contributed by atoms with Gasteiger partial charge >= 0.3 is 0 Å². The monoisotopic (exact) mass is 300 g/mol. The van der Waals surface area contributed by atoms with Crippen LogP contribution in [0.4, 0.5) is 0 Å². The number of aryl methyl sites for hydroxylation is 2. The van der Waals surface area contributed by atoms with Gasteiger partial charge in [0.2, 0.25) is 0 Å². The van der Waals surface area contributed by atoms with Crippen molar-refractivity contribution >= 4 is 41.7 Å². The Morgan fingerprint density at radius 1 is 1.21 bits per heavy atom. The van der Waals surface area contributed by atoms with Crippen molar-refractivity contribution in [2.45, 2.75) is 20.4 Å². The molecule has 1 aromatic heterocycles. The van der Waals surface area contributed by atoms with Gasteiger partial charge in [-0.05, 0) is 37.1 Å². The van der Waals surface area contributed by atoms with Gasteiger partial charge in [-0.15, -0.1) is 24.8 Å². The average molecular weight is 301 g/mol. The predicted molar refractivity (Wildman–Crippen MR) is 84.0 cm³/mol. The lowest BCUT2D eigenvalue weighted by atomic mass is 10.1. The fourth-order valence-corrected chi connectivity index (χ4v) is 2.15. The molecule has 0 aliphatic carbocycles. The van der Waals surface area contributed by atoms with Gasteiger partial charge in [0.25, 0.3) is 0 Å². The van der Waals surface area contributed by atoms with Crippen LogP contribution in [0.2, 0.25) is 0 Å². The van der Waals surface area contributed by atoms with Crippen LogP contribution < -0.4 is 5.32 Å². The molecule has 0 atom stereocenters. The van der Waals surface area contributed by atoms with Crippen molar-refractivity contribution in [3.63, 3.8) is 0 Å². The first-order chi connectivity index (χ1) is 8.24. The van der Waals surface area contributed by atoms with Gasteiger partial charge in [0.15, 0.2) is 0 Å². The zero-order chi connectivity index (χ0) is 11.8. The number of imidazole rings is 1. The van der Waals surface area contributed by atoms with E-state index in [1.165, 1.54) is 16.6 Å². The van der Waals surface area contributed by atoms with Gasteiger partial charge in [0.05, 0.1) is 30.5 Å². The number of hydrogen-bond acceptors (Lipinski definition) is 3. The number of fused-ring (bicyclic) bond motifs is 1. The van der Waals surface area contributed by atoms with E-state index in [1.807, 2.05) is 6.33 Å². The van der Waals surface area contributed by atoms with Crippen molar-refractivity contribution < 1.29 is 0 Å². The van der Waals surface area contributed by atoms with Crippen LogP contribution in [-0.4, -0.2) is 28.5 Å². The Bertz CT molecular complexity index is 604. The van der Waals surface area contributed by atoms with E-state index in [0.29, 0.717) is 0 Å². The molecule has 6 heteroatoms. The molecule has 3 rings (SSSR count). The summed E-state index contributed by atoms with van der Waals surface area (Å²) in [7, 11) is 0. The van der Waals surface area contributed by atoms with Crippen LogP contribution in [0.15, 0.2) is 23.5 Å². The highest BCUT2D eigenvalue weighted by atomic mass is 35.5. The molecule has 0 fully saturated rings. The first-order valence-corrected chi connectivity index (χ1v) is 5.93. The molecule has 0 radical (unpaired) electrons. The van der Waals surface area contributed by atoms with Crippen LogP contribution in [0.3, 0.4) is 0 Å². The summed E-state index contributed by atoms with van der Waals surface area (Å²) in [6.07, 6.45) is 1.89. The molecule has 1 aromatic carbocycles. The van der Waals surface area contributed by atoms with Crippen molar-refractivity contribution in [3.8, 4) is 0 Å². The normalized spacial score (nSPS) is 13.5. The molecule has 0 bridgehead atoms. The molecule has 1 N–H and O–H groups in total. The summed E-state index contributed by atoms with van der Waals surface area (Å²) in [6, 6.07) is 4.35. The van der Waals surface area contributed by atoms with Crippen molar-refractivity contribution in [1.82, 2.24) is 14.9 Å². The van der Waals surface area contributed by atoms with Gasteiger partial charge in [-0.1, -0.05) is 0 Å². The molecule has 0 saturated carbocycles. The number of aliphatic imine (C=N–C) groups is 1. The lowest BCUT2D eigenvalue weighted by Crippen LogP contribution is -2.23. The van der Waals surface area contributed by atoms with Gasteiger partial charge in [0, 0.05) is 6.54 Å². The number of nitrogens with one attached hydrogen (secondary N) is 1. The van der Waals surface area contributed by atoms with Crippen molar-refractivity contribution in [2.24, 2.45) is 4.99 Å². The Hall–Kier alpha value is -1.26. The van der Waals surface area contributed by atoms with Gasteiger partial charge in [-0.2, -0.15) is 0 Å². The molecule has 2 aromatic rings. The van der Waals surface area contributed by atoms with Crippen LogP contribution in [0.1, 0.15) is 11.1 Å². The Kier molecular flexibility index (Phi) is 5.20. The molecule has 104 valence electrons. The van der Waals surface area contributed by atoms with Gasteiger partial charge < -0.3 is 9.88 Å². The van der Waals surface area contributed by atoms with Crippen molar-refractivity contribution in [2.75, 3.05) is 13.1 Å². The summed E-state index contributed by atoms with van der Waals surface area (Å²) in [6.45, 7) is 6.90. The lowest BCUT2D eigenvalue weighted by molar-refractivity contribution is 0.851. The Morgan fingerprint density at radius 3 is 2.63 bits per heavy atom. The molecule has 1 aliphatic heterocycles. The molecule has 0 amide bonds. The third-order valence-electron chi connectivity index (χ3n) is 3.30. The Balaban J connectivity index is 0.000000902. The van der Waals surface area contributed by atoms with E-state index in [9.17, 15) is 0 Å². The third kappa shape index (κ3) is 3.01. The third-order valence-corrected chi connectivity index (χ3v) is 3.30. The zero-order valence-corrected chi connectivity index (χ0v) is 12.6. The summed E-state index contributed by atoms with van der Waals surface area (Å²) >= 11 is 0. The Labute approximate surface area is 125 Å². The molecule has 0 spiro atoms. The zero-order valence-electron chi connectivity index (χ0n) is 11.0. The minimum Gasteiger partial charge on any atom is -0.370 e. The number of benzene rings is 1. The van der Waals surface area contributed by atoms with E-state index in [0.717, 1.165) is 31.0 Å². The summed E-state index contributed by atoms with van der Waals surface area (Å²) in [5.41, 5.74) is 4.84. The van der Waals surface area contributed by atoms with Gasteiger partial charge in [0.1, 0.15) is 5.84 Å². The molecule has 0 saturated heterocycles. The van der Waals surface area contributed by atoms with Crippen LogP contribution >= 0.6 is 24.8 Å². The molecular formula is C13H18Cl2N4. The molecule has 1 aliphatic rings. The fraction of sp³-hybridized carbons (Fsp3) is 0.385. The van der Waals surface area contributed by atoms with Crippen LogP contribution in [0, 0.1) is 13.8 Å². The highest BCUT2D eigenvalue weighted by Gasteiger charge is 2.09. The highest BCUT2D eigenvalue weighted by Crippen LogP contribution is 2.18. The maximum atomic E-state index is 4.44. The molecule has 4 nitrogen and oxygen atoms in total. The first kappa shape index (κ1) is 15.8. The number of hydrogen-bond donors (Lipinski definition) is 1. The van der Waals surface area contributed by atoms with E-state index in [4.69, 9.17) is 0 Å². The number of rotatable bonds is 2. The Morgan fingerprint density at radius 2 is 1.95 bits per heavy atom. The van der Waals surface area contributed by atoms with Crippen molar-refractivity contribution in [1.29, 1.82) is 0 Å². The average Bonchev–Trinajstić information content (AvgIpc) is 2.92. The van der Waals surface area contributed by atoms with E-state index in [-0.39, 0.29) is 24.8 Å². The second-order valence-corrected chi connectivity index (χ2v) is 4.55. The summed E-state index contributed by atoms with van der Waals surface area (Å²) < 4.78 is 2.15. The maximum Gasteiger partial charge on any atom is 0.117 e. The second kappa shape index (κ2) is 6.26. The van der Waals surface area contributed by atoms with Crippen LogP contribution in [0.5, 0.6) is 0 Å². The minimum absolute atomic E-state index is 0. The summed E-state index contributed by atoms with van der Waals surface area (Å²) in [5.74, 6) is 1.06. The number of aromatic nitrogens is 2. The van der Waals surface area contributed by atoms with Gasteiger partial charge in [-0.25, -0.2) is 4.98 Å². The fourth-order valence-electron chi connectivity index (χ4n) is 2.15. The van der Waals surface area contributed by atoms with Crippen LogP contribution in [-0.2, 0) is 6.54 Å². The van der Waals surface area contributed by atoms with E-state index in [2.05, 4.69) is 45.8 Å². The van der Waals surface area contributed by atoms with Crippen LogP contribution in [0.25, 0.3) is 11.0 Å². The minimum atomic E-state index is 0. The largest absolute Gasteiger partial charge is 0.370 e. The first-order valence-electron chi connectivity index (χ1n) is 5.93. The molecule has 19 heavy (non-hydrogen) atoms. The van der Waals surface area contributed by atoms with E-state index >= 15 is 0 Å². The number of amidine groups is 1. The highest BCUT2D eigenvalue weighted by molar-refractivity contribution is 5.86. The van der Waals surface area contributed by atoms with Gasteiger partial charge in [-0.3, -0.25) is 4.99 Å². The number of nitrogens with zero attached hydrogens (tertiary/aromatic N) is 3. The quantitative estimate of drug-likeness (QED) is 0.926. The standard InChI is InChI=1S/C13H16N4.2ClH/c1-9-5-11-12(6-10(9)2)17(8-16-11)7-13-14-3-4-15-13;;/h5-6,8H,3-4,7H2,1-2H3,(H,14,15);2*1H. The predicted octanol–water partition coefficient (Wildman–Crippen LogP) is 2.50. The summed E-state index contributed by atoms with van der Waals surface area (Å²) in [4.78, 5) is 8.86. The second-order valence-electron chi connectivity index (χ2n) is 4.55. The lowest BCUT2D eigenvalue weighted by Gasteiger charge is -2.06. The molecule has 0 unspecified atom stereocenters. The summed E-state index contributed by atoms with van der Waals surface area (Å²) in [5, 5.41) is 3.29. The topological polar surface area (TPSA) is 42.2 Å². The maximum absolute atomic E-state index is 4.44. The molecule has 2 heterocycles. The van der Waals surface area contributed by atoms with Crippen molar-refractivity contribution in [3.05, 3.63) is 29.6 Å². The molecular weight excluding hydrogens is 283 g/mol. The van der Waals surface area contributed by atoms with E-state index in [1.54, 1.807) is 0 Å². The van der Waals surface area contributed by atoms with E-state index < -0.39 is 0 Å². The smallest absolute Gasteiger partial charge is 0.117 e.